The van der Waals surface area contributed by atoms with E-state index in [2.05, 4.69) is 37.9 Å². The van der Waals surface area contributed by atoms with Crippen LogP contribution in [0.4, 0.5) is 0 Å². The van der Waals surface area contributed by atoms with Gasteiger partial charge in [0.1, 0.15) is 24.3 Å². The van der Waals surface area contributed by atoms with Crippen molar-refractivity contribution >= 4 is 38.6 Å². The molecule has 1 aromatic heterocycles. The average Bonchev–Trinajstić information content (AvgIpc) is 3.13. The lowest BCUT2D eigenvalue weighted by Gasteiger charge is -2.12. The Morgan fingerprint density at radius 2 is 2.11 bits per heavy atom. The molecule has 0 atom stereocenters. The third-order valence-corrected chi connectivity index (χ3v) is 4.52. The third-order valence-electron chi connectivity index (χ3n) is 3.93. The minimum absolute atomic E-state index is 0.121. The topological polar surface area (TPSA) is 80.2 Å². The zero-order valence-corrected chi connectivity index (χ0v) is 16.8. The summed E-state index contributed by atoms with van der Waals surface area (Å²) in [5.74, 6) is 4.60. The molecule has 0 amide bonds. The molecule has 0 aliphatic heterocycles. The SMILES string of the molecule is C#CCOc1c(Br)cc(C=C(C#N)c2nc3ccc(OC)cc3[nH]2)cc1OC. The Labute approximate surface area is 170 Å². The van der Waals surface area contributed by atoms with Crippen LogP contribution in [0, 0.1) is 23.7 Å². The first-order valence-electron chi connectivity index (χ1n) is 8.19. The number of nitrogens with zero attached hydrogens (tertiary/aromatic N) is 2. The second kappa shape index (κ2) is 8.51. The number of H-pyrrole nitrogens is 1. The van der Waals surface area contributed by atoms with Crippen LogP contribution in [-0.2, 0) is 0 Å². The summed E-state index contributed by atoms with van der Waals surface area (Å²) in [6.07, 6.45) is 6.97. The summed E-state index contributed by atoms with van der Waals surface area (Å²) < 4.78 is 16.8. The number of ether oxygens (including phenoxy) is 3. The van der Waals surface area contributed by atoms with Gasteiger partial charge in [-0.2, -0.15) is 5.26 Å². The molecule has 2 aromatic carbocycles. The summed E-state index contributed by atoms with van der Waals surface area (Å²) >= 11 is 3.46. The number of halogens is 1. The molecule has 3 rings (SSSR count). The highest BCUT2D eigenvalue weighted by molar-refractivity contribution is 9.10. The van der Waals surface area contributed by atoms with Crippen molar-refractivity contribution in [1.82, 2.24) is 9.97 Å². The number of benzene rings is 2. The number of methoxy groups -OCH3 is 2. The van der Waals surface area contributed by atoms with E-state index in [4.69, 9.17) is 20.6 Å². The first kappa shape index (κ1) is 19.3. The van der Waals surface area contributed by atoms with E-state index in [1.165, 1.54) is 7.11 Å². The first-order valence-corrected chi connectivity index (χ1v) is 8.98. The number of imidazole rings is 1. The smallest absolute Gasteiger partial charge is 0.176 e. The molecule has 0 saturated heterocycles. The van der Waals surface area contributed by atoms with Gasteiger partial charge in [0.05, 0.1) is 35.3 Å². The zero-order chi connectivity index (χ0) is 20.1. The summed E-state index contributed by atoms with van der Waals surface area (Å²) in [7, 11) is 3.14. The molecule has 0 unspecified atom stereocenters. The normalized spacial score (nSPS) is 11.0. The molecule has 7 heteroatoms. The fourth-order valence-electron chi connectivity index (χ4n) is 2.64. The molecule has 140 valence electrons. The van der Waals surface area contributed by atoms with Gasteiger partial charge in [-0.1, -0.05) is 5.92 Å². The summed E-state index contributed by atoms with van der Waals surface area (Å²) in [6, 6.07) is 11.2. The van der Waals surface area contributed by atoms with E-state index in [0.717, 1.165) is 16.6 Å². The Kier molecular flexibility index (Phi) is 5.88. The van der Waals surface area contributed by atoms with Gasteiger partial charge in [-0.15, -0.1) is 6.42 Å². The van der Waals surface area contributed by atoms with Gasteiger partial charge >= 0.3 is 0 Å². The van der Waals surface area contributed by atoms with Gasteiger partial charge < -0.3 is 19.2 Å². The Morgan fingerprint density at radius 1 is 1.29 bits per heavy atom. The van der Waals surface area contributed by atoms with Gasteiger partial charge in [0.25, 0.3) is 0 Å². The van der Waals surface area contributed by atoms with Crippen molar-refractivity contribution in [2.24, 2.45) is 0 Å². The number of nitriles is 1. The molecule has 1 heterocycles. The second-order valence-electron chi connectivity index (χ2n) is 5.67. The van der Waals surface area contributed by atoms with E-state index in [0.29, 0.717) is 33.1 Å². The summed E-state index contributed by atoms with van der Waals surface area (Å²) in [5, 5.41) is 9.64. The molecule has 28 heavy (non-hydrogen) atoms. The maximum absolute atomic E-state index is 9.64. The number of aromatic amines is 1. The van der Waals surface area contributed by atoms with Crippen LogP contribution in [-0.4, -0.2) is 30.8 Å². The fraction of sp³-hybridized carbons (Fsp3) is 0.143. The van der Waals surface area contributed by atoms with Crippen LogP contribution in [0.25, 0.3) is 22.7 Å². The molecule has 0 spiro atoms. The van der Waals surface area contributed by atoms with Crippen LogP contribution < -0.4 is 14.2 Å². The van der Waals surface area contributed by atoms with Crippen LogP contribution in [0.2, 0.25) is 0 Å². The molecule has 0 aliphatic carbocycles. The van der Waals surface area contributed by atoms with Gasteiger partial charge in [0, 0.05) is 6.07 Å². The number of allylic oxidation sites excluding steroid dienone is 1. The number of nitrogens with one attached hydrogen (secondary N) is 1. The number of terminal acetylenes is 1. The van der Waals surface area contributed by atoms with Crippen molar-refractivity contribution in [2.45, 2.75) is 0 Å². The van der Waals surface area contributed by atoms with E-state index < -0.39 is 0 Å². The van der Waals surface area contributed by atoms with Crippen LogP contribution in [0.1, 0.15) is 11.4 Å². The Hall–Kier alpha value is -3.42. The monoisotopic (exact) mass is 437 g/mol. The maximum atomic E-state index is 9.64. The molecule has 0 radical (unpaired) electrons. The van der Waals surface area contributed by atoms with Crippen molar-refractivity contribution < 1.29 is 14.2 Å². The number of hydrogen-bond acceptors (Lipinski definition) is 5. The number of hydrogen-bond donors (Lipinski definition) is 1. The number of fused-ring (bicyclic) bond motifs is 1. The van der Waals surface area contributed by atoms with Crippen LogP contribution in [0.3, 0.4) is 0 Å². The molecule has 0 fully saturated rings. The lowest BCUT2D eigenvalue weighted by atomic mass is 10.1. The Morgan fingerprint density at radius 3 is 2.79 bits per heavy atom. The number of aromatic nitrogens is 2. The fourth-order valence-corrected chi connectivity index (χ4v) is 3.21. The molecule has 6 nitrogen and oxygen atoms in total. The summed E-state index contributed by atoms with van der Waals surface area (Å²) in [4.78, 5) is 7.64. The van der Waals surface area contributed by atoms with Gasteiger partial charge in [-0.05, 0) is 51.8 Å². The average molecular weight is 438 g/mol. The van der Waals surface area contributed by atoms with E-state index in [1.54, 1.807) is 19.3 Å². The third kappa shape index (κ3) is 3.95. The van der Waals surface area contributed by atoms with Gasteiger partial charge in [-0.3, -0.25) is 0 Å². The van der Waals surface area contributed by atoms with Crippen molar-refractivity contribution in [3.8, 4) is 35.7 Å². The Bertz CT molecular complexity index is 1140. The molecule has 0 saturated carbocycles. The van der Waals surface area contributed by atoms with Crippen LogP contribution in [0.5, 0.6) is 17.2 Å². The molecular formula is C21H16BrN3O3. The molecule has 0 bridgehead atoms. The summed E-state index contributed by atoms with van der Waals surface area (Å²) in [6.45, 7) is 0.121. The molecular weight excluding hydrogens is 422 g/mol. The molecule has 0 aliphatic rings. The molecule has 1 N–H and O–H groups in total. The van der Waals surface area contributed by atoms with Crippen LogP contribution >= 0.6 is 15.9 Å². The highest BCUT2D eigenvalue weighted by Gasteiger charge is 2.13. The lowest BCUT2D eigenvalue weighted by molar-refractivity contribution is 0.329. The quantitative estimate of drug-likeness (QED) is 0.455. The zero-order valence-electron chi connectivity index (χ0n) is 15.2. The second-order valence-corrected chi connectivity index (χ2v) is 6.52. The first-order chi connectivity index (χ1) is 13.6. The van der Waals surface area contributed by atoms with E-state index in [9.17, 15) is 5.26 Å². The molecule has 3 aromatic rings. The minimum Gasteiger partial charge on any atom is -0.497 e. The van der Waals surface area contributed by atoms with E-state index in [-0.39, 0.29) is 6.61 Å². The lowest BCUT2D eigenvalue weighted by Crippen LogP contribution is -1.98. The highest BCUT2D eigenvalue weighted by atomic mass is 79.9. The van der Waals surface area contributed by atoms with Crippen molar-refractivity contribution in [3.63, 3.8) is 0 Å². The Balaban J connectivity index is 2.02. The van der Waals surface area contributed by atoms with E-state index >= 15 is 0 Å². The highest BCUT2D eigenvalue weighted by Crippen LogP contribution is 2.37. The summed E-state index contributed by atoms with van der Waals surface area (Å²) in [5.41, 5.74) is 2.65. The minimum atomic E-state index is 0.121. The van der Waals surface area contributed by atoms with Gasteiger partial charge in [-0.25, -0.2) is 4.98 Å². The predicted octanol–water partition coefficient (Wildman–Crippen LogP) is 4.42. The van der Waals surface area contributed by atoms with Crippen molar-refractivity contribution in [1.29, 1.82) is 5.26 Å². The largest absolute Gasteiger partial charge is 0.497 e. The number of rotatable bonds is 6. The predicted molar refractivity (Wildman–Crippen MR) is 111 cm³/mol. The maximum Gasteiger partial charge on any atom is 0.176 e. The van der Waals surface area contributed by atoms with Crippen molar-refractivity contribution in [3.05, 3.63) is 46.2 Å². The standard InChI is InChI=1S/C21H16BrN3O3/c1-4-7-28-20-16(22)9-13(10-19(20)27-3)8-14(12-23)21-24-17-6-5-15(26-2)11-18(17)25-21/h1,5-6,8-11H,7H2,2-3H3,(H,24,25). The van der Waals surface area contributed by atoms with E-state index in [1.807, 2.05) is 24.3 Å². The van der Waals surface area contributed by atoms with Gasteiger partial charge in [0.2, 0.25) is 0 Å². The van der Waals surface area contributed by atoms with Crippen molar-refractivity contribution in [2.75, 3.05) is 20.8 Å². The van der Waals surface area contributed by atoms with Gasteiger partial charge in [0.15, 0.2) is 11.5 Å². The van der Waals surface area contributed by atoms with Crippen LogP contribution in [0.15, 0.2) is 34.8 Å².